The lowest BCUT2D eigenvalue weighted by atomic mass is 10.1. The van der Waals surface area contributed by atoms with Crippen LogP contribution in [-0.2, 0) is 12.6 Å². The zero-order valence-corrected chi connectivity index (χ0v) is 13.1. The number of nitrogens with one attached hydrogen (secondary N) is 1. The van der Waals surface area contributed by atoms with Crippen molar-refractivity contribution in [3.63, 3.8) is 0 Å². The first kappa shape index (κ1) is 15.5. The number of rotatable bonds is 2. The van der Waals surface area contributed by atoms with Crippen LogP contribution in [0.3, 0.4) is 0 Å². The number of alkyl halides is 3. The third-order valence-electron chi connectivity index (χ3n) is 3.88. The minimum atomic E-state index is -4.41. The zero-order chi connectivity index (χ0) is 17.6. The molecular weight excluding hydrogens is 331 g/mol. The number of aryl methyl sites for hydroxylation is 1. The lowest BCUT2D eigenvalue weighted by molar-refractivity contribution is -0.137. The number of H-pyrrole nitrogens is 1. The molecule has 0 fully saturated rings. The molecule has 4 aromatic rings. The van der Waals surface area contributed by atoms with E-state index in [2.05, 4.69) is 24.9 Å². The molecule has 0 atom stereocenters. The highest BCUT2D eigenvalue weighted by atomic mass is 19.4. The number of benzene rings is 1. The van der Waals surface area contributed by atoms with Crippen LogP contribution < -0.4 is 0 Å². The minimum Gasteiger partial charge on any atom is -0.340 e. The van der Waals surface area contributed by atoms with E-state index in [0.29, 0.717) is 34.2 Å². The van der Waals surface area contributed by atoms with Crippen molar-refractivity contribution in [3.05, 3.63) is 59.6 Å². The standard InChI is InChI=1S/C17H12F3N5/c1-9-6-22-11(7-21-9)5-15-24-14-8-23-13-3-2-10(17(18,19)20)4-12(13)16(14)25-15/h2-4,6-8H,5H2,1H3,(H,24,25). The van der Waals surface area contributed by atoms with E-state index in [-0.39, 0.29) is 0 Å². The molecule has 5 nitrogen and oxygen atoms in total. The molecule has 25 heavy (non-hydrogen) atoms. The summed E-state index contributed by atoms with van der Waals surface area (Å²) in [6, 6.07) is 3.47. The lowest BCUT2D eigenvalue weighted by Crippen LogP contribution is -2.04. The molecule has 0 saturated carbocycles. The number of pyridine rings is 1. The first-order chi connectivity index (χ1) is 11.9. The Kier molecular flexibility index (Phi) is 3.41. The van der Waals surface area contributed by atoms with Gasteiger partial charge in [-0.1, -0.05) is 0 Å². The van der Waals surface area contributed by atoms with E-state index in [4.69, 9.17) is 0 Å². The van der Waals surface area contributed by atoms with Crippen LogP contribution in [0.2, 0.25) is 0 Å². The first-order valence-electron chi connectivity index (χ1n) is 7.52. The van der Waals surface area contributed by atoms with Crippen LogP contribution in [0, 0.1) is 6.92 Å². The molecule has 126 valence electrons. The molecule has 1 N–H and O–H groups in total. The van der Waals surface area contributed by atoms with Crippen molar-refractivity contribution >= 4 is 21.9 Å². The molecule has 3 heterocycles. The summed E-state index contributed by atoms with van der Waals surface area (Å²) in [4.78, 5) is 20.2. The molecule has 1 aromatic carbocycles. The van der Waals surface area contributed by atoms with E-state index < -0.39 is 11.7 Å². The number of hydrogen-bond acceptors (Lipinski definition) is 4. The van der Waals surface area contributed by atoms with Gasteiger partial charge in [0.1, 0.15) is 5.82 Å². The van der Waals surface area contributed by atoms with Crippen LogP contribution in [0.4, 0.5) is 13.2 Å². The number of aromatic nitrogens is 5. The minimum absolute atomic E-state index is 0.366. The Morgan fingerprint density at radius 2 is 1.88 bits per heavy atom. The summed E-state index contributed by atoms with van der Waals surface area (Å²) in [7, 11) is 0. The second-order valence-electron chi connectivity index (χ2n) is 5.76. The van der Waals surface area contributed by atoms with E-state index in [9.17, 15) is 13.2 Å². The Morgan fingerprint density at radius 3 is 2.60 bits per heavy atom. The molecule has 3 aromatic heterocycles. The van der Waals surface area contributed by atoms with E-state index in [0.717, 1.165) is 23.5 Å². The largest absolute Gasteiger partial charge is 0.416 e. The van der Waals surface area contributed by atoms with E-state index in [1.807, 2.05) is 6.92 Å². The van der Waals surface area contributed by atoms with Gasteiger partial charge in [-0.25, -0.2) is 4.98 Å². The summed E-state index contributed by atoms with van der Waals surface area (Å²) in [5.41, 5.74) is 2.33. The Morgan fingerprint density at radius 1 is 1.04 bits per heavy atom. The van der Waals surface area contributed by atoms with Gasteiger partial charge in [0.25, 0.3) is 0 Å². The van der Waals surface area contributed by atoms with Crippen molar-refractivity contribution in [1.29, 1.82) is 0 Å². The second-order valence-corrected chi connectivity index (χ2v) is 5.76. The number of aromatic amines is 1. The Bertz CT molecular complexity index is 1070. The maximum absolute atomic E-state index is 13.0. The summed E-state index contributed by atoms with van der Waals surface area (Å²) in [5, 5.41) is 0.366. The molecule has 0 radical (unpaired) electrons. The SMILES string of the molecule is Cc1cnc(Cc2nc3c(cnc4ccc(C(F)(F)F)cc43)[nH]2)cn1. The molecule has 0 unspecified atom stereocenters. The van der Waals surface area contributed by atoms with Crippen molar-refractivity contribution < 1.29 is 13.2 Å². The highest BCUT2D eigenvalue weighted by Crippen LogP contribution is 2.32. The normalized spacial score (nSPS) is 12.2. The van der Waals surface area contributed by atoms with E-state index in [1.165, 1.54) is 6.07 Å². The number of fused-ring (bicyclic) bond motifs is 3. The molecule has 0 saturated heterocycles. The third kappa shape index (κ3) is 2.90. The Balaban J connectivity index is 1.81. The summed E-state index contributed by atoms with van der Waals surface area (Å²) >= 11 is 0. The maximum atomic E-state index is 13.0. The number of nitrogens with zero attached hydrogens (tertiary/aromatic N) is 4. The van der Waals surface area contributed by atoms with Gasteiger partial charge in [0.2, 0.25) is 0 Å². The van der Waals surface area contributed by atoms with Gasteiger partial charge in [-0.2, -0.15) is 13.2 Å². The molecule has 0 amide bonds. The quantitative estimate of drug-likeness (QED) is 0.601. The molecule has 4 rings (SSSR count). The van der Waals surface area contributed by atoms with Gasteiger partial charge < -0.3 is 4.98 Å². The molecule has 0 aliphatic rings. The van der Waals surface area contributed by atoms with Crippen LogP contribution in [0.25, 0.3) is 21.9 Å². The van der Waals surface area contributed by atoms with Gasteiger partial charge in [0, 0.05) is 24.2 Å². The number of hydrogen-bond donors (Lipinski definition) is 1. The zero-order valence-electron chi connectivity index (χ0n) is 13.1. The van der Waals surface area contributed by atoms with Crippen LogP contribution in [0.15, 0.2) is 36.8 Å². The summed E-state index contributed by atoms with van der Waals surface area (Å²) in [6.45, 7) is 1.84. The molecule has 8 heteroatoms. The van der Waals surface area contributed by atoms with E-state index >= 15 is 0 Å². The Hall–Kier alpha value is -3.03. The second kappa shape index (κ2) is 5.51. The number of imidazole rings is 1. The van der Waals surface area contributed by atoms with Crippen molar-refractivity contribution in [3.8, 4) is 0 Å². The molecule has 0 bridgehead atoms. The molecule has 0 aliphatic carbocycles. The fourth-order valence-corrected chi connectivity index (χ4v) is 2.65. The average molecular weight is 343 g/mol. The van der Waals surface area contributed by atoms with Crippen molar-refractivity contribution in [1.82, 2.24) is 24.9 Å². The van der Waals surface area contributed by atoms with Crippen molar-refractivity contribution in [2.75, 3.05) is 0 Å². The van der Waals surface area contributed by atoms with Crippen LogP contribution in [0.5, 0.6) is 0 Å². The van der Waals surface area contributed by atoms with Crippen molar-refractivity contribution in [2.24, 2.45) is 0 Å². The van der Waals surface area contributed by atoms with Gasteiger partial charge in [0.15, 0.2) is 0 Å². The Labute approximate surface area is 140 Å². The highest BCUT2D eigenvalue weighted by Gasteiger charge is 2.30. The lowest BCUT2D eigenvalue weighted by Gasteiger charge is -2.07. The monoisotopic (exact) mass is 343 g/mol. The van der Waals surface area contributed by atoms with Gasteiger partial charge in [-0.3, -0.25) is 15.0 Å². The third-order valence-corrected chi connectivity index (χ3v) is 3.88. The summed E-state index contributed by atoms with van der Waals surface area (Å²) in [5.74, 6) is 0.597. The predicted molar refractivity (Wildman–Crippen MR) is 86.0 cm³/mol. The van der Waals surface area contributed by atoms with Gasteiger partial charge in [-0.15, -0.1) is 0 Å². The van der Waals surface area contributed by atoms with E-state index in [1.54, 1.807) is 18.6 Å². The summed E-state index contributed by atoms with van der Waals surface area (Å²) in [6.07, 6.45) is 0.878. The molecule has 0 spiro atoms. The fraction of sp³-hybridized carbons (Fsp3) is 0.176. The van der Waals surface area contributed by atoms with Gasteiger partial charge in [0.05, 0.1) is 39.7 Å². The predicted octanol–water partition coefficient (Wildman–Crippen LogP) is 3.82. The highest BCUT2D eigenvalue weighted by molar-refractivity contribution is 6.02. The topological polar surface area (TPSA) is 67.3 Å². The van der Waals surface area contributed by atoms with Crippen molar-refractivity contribution in [2.45, 2.75) is 19.5 Å². The molecular formula is C17H12F3N5. The number of halogens is 3. The van der Waals surface area contributed by atoms with Gasteiger partial charge >= 0.3 is 6.18 Å². The molecule has 0 aliphatic heterocycles. The average Bonchev–Trinajstić information content (AvgIpc) is 2.98. The fourth-order valence-electron chi connectivity index (χ4n) is 2.65. The summed E-state index contributed by atoms with van der Waals surface area (Å²) < 4.78 is 38.9. The van der Waals surface area contributed by atoms with Crippen LogP contribution in [-0.4, -0.2) is 24.9 Å². The maximum Gasteiger partial charge on any atom is 0.416 e. The van der Waals surface area contributed by atoms with Gasteiger partial charge in [-0.05, 0) is 25.1 Å². The smallest absolute Gasteiger partial charge is 0.340 e. The van der Waals surface area contributed by atoms with Crippen LogP contribution >= 0.6 is 0 Å². The van der Waals surface area contributed by atoms with Crippen LogP contribution in [0.1, 0.15) is 22.8 Å². The first-order valence-corrected chi connectivity index (χ1v) is 7.52.